The first kappa shape index (κ1) is 14.8. The molecule has 3 nitrogen and oxygen atoms in total. The molecule has 3 rings (SSSR count). The molecule has 1 amide bonds. The molecule has 0 bridgehead atoms. The molecule has 1 fully saturated rings. The van der Waals surface area contributed by atoms with Crippen LogP contribution in [0.3, 0.4) is 0 Å². The summed E-state index contributed by atoms with van der Waals surface area (Å²) in [6.07, 6.45) is 7.93. The van der Waals surface area contributed by atoms with Crippen molar-refractivity contribution in [2.45, 2.75) is 43.4 Å². The zero-order chi connectivity index (χ0) is 14.7. The predicted octanol–water partition coefficient (Wildman–Crippen LogP) is 3.06. The number of carbonyl (C=O) groups is 1. The predicted molar refractivity (Wildman–Crippen MR) is 89.8 cm³/mol. The smallest absolute Gasteiger partial charge is 0.225 e. The van der Waals surface area contributed by atoms with Crippen molar-refractivity contribution in [3.8, 4) is 0 Å². The lowest BCUT2D eigenvalue weighted by atomic mass is 9.91. The maximum absolute atomic E-state index is 12.6. The number of hydrogen-bond acceptors (Lipinski definition) is 3. The van der Waals surface area contributed by atoms with E-state index in [1.54, 1.807) is 0 Å². The van der Waals surface area contributed by atoms with Gasteiger partial charge in [-0.2, -0.15) is 11.8 Å². The first-order valence-electron chi connectivity index (χ1n) is 7.93. The van der Waals surface area contributed by atoms with E-state index in [9.17, 15) is 4.79 Å². The summed E-state index contributed by atoms with van der Waals surface area (Å²) in [6.45, 7) is 0.750. The first-order valence-corrected chi connectivity index (χ1v) is 9.21. The Morgan fingerprint density at radius 1 is 1.29 bits per heavy atom. The number of fused-ring (bicyclic) bond motifs is 1. The van der Waals surface area contributed by atoms with Crippen molar-refractivity contribution in [1.82, 2.24) is 5.32 Å². The first-order chi connectivity index (χ1) is 10.3. The summed E-state index contributed by atoms with van der Waals surface area (Å²) in [7, 11) is 0. The third-order valence-corrected chi connectivity index (χ3v) is 5.90. The maximum atomic E-state index is 12.6. The molecule has 1 saturated carbocycles. The molecule has 3 atom stereocenters. The number of thioether (sulfide) groups is 1. The van der Waals surface area contributed by atoms with Crippen LogP contribution in [0.15, 0.2) is 24.3 Å². The van der Waals surface area contributed by atoms with E-state index in [0.29, 0.717) is 11.3 Å². The second-order valence-electron chi connectivity index (χ2n) is 6.11. The Bertz CT molecular complexity index is 505. The van der Waals surface area contributed by atoms with Crippen LogP contribution in [0.1, 0.15) is 31.2 Å². The second kappa shape index (κ2) is 6.73. The number of amides is 1. The Morgan fingerprint density at radius 2 is 2.10 bits per heavy atom. The van der Waals surface area contributed by atoms with Crippen molar-refractivity contribution in [1.29, 1.82) is 0 Å². The molecule has 21 heavy (non-hydrogen) atoms. The van der Waals surface area contributed by atoms with Crippen LogP contribution in [0, 0.1) is 5.92 Å². The van der Waals surface area contributed by atoms with Crippen LogP contribution in [-0.2, 0) is 11.2 Å². The molecule has 0 spiro atoms. The van der Waals surface area contributed by atoms with Gasteiger partial charge in [0.05, 0.1) is 5.92 Å². The van der Waals surface area contributed by atoms with Gasteiger partial charge in [-0.3, -0.25) is 4.79 Å². The summed E-state index contributed by atoms with van der Waals surface area (Å²) in [5.41, 5.74) is 2.44. The summed E-state index contributed by atoms with van der Waals surface area (Å²) < 4.78 is 0. The molecule has 4 heteroatoms. The minimum atomic E-state index is 0.0596. The van der Waals surface area contributed by atoms with E-state index < -0.39 is 0 Å². The van der Waals surface area contributed by atoms with Crippen molar-refractivity contribution in [2.75, 3.05) is 18.1 Å². The molecular formula is C17H24N2OS. The molecule has 0 saturated heterocycles. The third-order valence-electron chi connectivity index (χ3n) is 4.73. The molecule has 3 unspecified atom stereocenters. The van der Waals surface area contributed by atoms with E-state index in [1.807, 2.05) is 23.9 Å². The quantitative estimate of drug-likeness (QED) is 0.902. The van der Waals surface area contributed by atoms with E-state index in [1.165, 1.54) is 30.5 Å². The van der Waals surface area contributed by atoms with E-state index in [0.717, 1.165) is 19.4 Å². The number of benzene rings is 1. The molecule has 1 aromatic carbocycles. The van der Waals surface area contributed by atoms with Gasteiger partial charge in [-0.1, -0.05) is 31.0 Å². The fourth-order valence-corrected chi connectivity index (χ4v) is 4.41. The summed E-state index contributed by atoms with van der Waals surface area (Å²) in [5, 5.41) is 7.30. The highest BCUT2D eigenvalue weighted by molar-refractivity contribution is 7.99. The monoisotopic (exact) mass is 304 g/mol. The van der Waals surface area contributed by atoms with E-state index in [4.69, 9.17) is 0 Å². The van der Waals surface area contributed by atoms with Crippen LogP contribution in [0.25, 0.3) is 0 Å². The summed E-state index contributed by atoms with van der Waals surface area (Å²) in [4.78, 5) is 12.6. The lowest BCUT2D eigenvalue weighted by Crippen LogP contribution is -2.48. The van der Waals surface area contributed by atoms with Gasteiger partial charge in [0.2, 0.25) is 5.91 Å². The zero-order valence-corrected chi connectivity index (χ0v) is 13.4. The summed E-state index contributed by atoms with van der Waals surface area (Å²) in [6, 6.07) is 8.66. The van der Waals surface area contributed by atoms with Gasteiger partial charge in [-0.15, -0.1) is 0 Å². The Balaban J connectivity index is 1.61. The van der Waals surface area contributed by atoms with Crippen molar-refractivity contribution < 1.29 is 4.79 Å². The van der Waals surface area contributed by atoms with Crippen molar-refractivity contribution in [3.63, 3.8) is 0 Å². The SMILES string of the molecule is CSC1CCCCC1NC(=O)C1CNc2ccccc2C1. The lowest BCUT2D eigenvalue weighted by Gasteiger charge is -2.33. The largest absolute Gasteiger partial charge is 0.384 e. The van der Waals surface area contributed by atoms with Crippen LogP contribution >= 0.6 is 11.8 Å². The topological polar surface area (TPSA) is 41.1 Å². The molecule has 114 valence electrons. The van der Waals surface area contributed by atoms with Gasteiger partial charge >= 0.3 is 0 Å². The van der Waals surface area contributed by atoms with Crippen LogP contribution in [0.2, 0.25) is 0 Å². The molecular weight excluding hydrogens is 280 g/mol. The average Bonchev–Trinajstić information content (AvgIpc) is 2.55. The van der Waals surface area contributed by atoms with Gasteiger partial charge in [0.15, 0.2) is 0 Å². The van der Waals surface area contributed by atoms with Crippen LogP contribution in [0.5, 0.6) is 0 Å². The highest BCUT2D eigenvalue weighted by Gasteiger charge is 2.30. The van der Waals surface area contributed by atoms with Gasteiger partial charge < -0.3 is 10.6 Å². The second-order valence-corrected chi connectivity index (χ2v) is 7.19. The zero-order valence-electron chi connectivity index (χ0n) is 12.6. The standard InChI is InChI=1S/C17H24N2OS/c1-21-16-9-5-4-8-15(16)19-17(20)13-10-12-6-2-3-7-14(12)18-11-13/h2-3,6-7,13,15-16,18H,4-5,8-11H2,1H3,(H,19,20). The number of rotatable bonds is 3. The van der Waals surface area contributed by atoms with Crippen LogP contribution in [-0.4, -0.2) is 30.0 Å². The van der Waals surface area contributed by atoms with Gasteiger partial charge in [0.1, 0.15) is 0 Å². The number of nitrogens with one attached hydrogen (secondary N) is 2. The highest BCUT2D eigenvalue weighted by atomic mass is 32.2. The fourth-order valence-electron chi connectivity index (χ4n) is 3.47. The molecule has 1 heterocycles. The number of anilines is 1. The molecule has 0 radical (unpaired) electrons. The number of hydrogen-bond donors (Lipinski definition) is 2. The minimum absolute atomic E-state index is 0.0596. The van der Waals surface area contributed by atoms with E-state index >= 15 is 0 Å². The Kier molecular flexibility index (Phi) is 4.73. The Morgan fingerprint density at radius 3 is 2.95 bits per heavy atom. The normalized spacial score (nSPS) is 28.3. The molecule has 1 aromatic rings. The van der Waals surface area contributed by atoms with Crippen LogP contribution in [0.4, 0.5) is 5.69 Å². The van der Waals surface area contributed by atoms with Gasteiger partial charge in [0.25, 0.3) is 0 Å². The highest BCUT2D eigenvalue weighted by Crippen LogP contribution is 2.28. The summed E-state index contributed by atoms with van der Waals surface area (Å²) >= 11 is 1.90. The minimum Gasteiger partial charge on any atom is -0.384 e. The Labute approximate surface area is 131 Å². The third kappa shape index (κ3) is 3.37. The molecule has 0 aromatic heterocycles. The number of para-hydroxylation sites is 1. The van der Waals surface area contributed by atoms with Gasteiger partial charge in [-0.25, -0.2) is 0 Å². The van der Waals surface area contributed by atoms with Crippen molar-refractivity contribution >= 4 is 23.4 Å². The fraction of sp³-hybridized carbons (Fsp3) is 0.588. The number of carbonyl (C=O) groups excluding carboxylic acids is 1. The van der Waals surface area contributed by atoms with Crippen molar-refractivity contribution in [2.24, 2.45) is 5.92 Å². The molecule has 2 N–H and O–H groups in total. The van der Waals surface area contributed by atoms with Crippen LogP contribution < -0.4 is 10.6 Å². The van der Waals surface area contributed by atoms with Gasteiger partial charge in [-0.05, 0) is 37.1 Å². The Hall–Kier alpha value is -1.16. The van der Waals surface area contributed by atoms with Gasteiger partial charge in [0, 0.05) is 23.5 Å². The maximum Gasteiger partial charge on any atom is 0.225 e. The van der Waals surface area contributed by atoms with Crippen molar-refractivity contribution in [3.05, 3.63) is 29.8 Å². The average molecular weight is 304 g/mol. The summed E-state index contributed by atoms with van der Waals surface area (Å²) in [5.74, 6) is 0.285. The van der Waals surface area contributed by atoms with E-state index in [-0.39, 0.29) is 11.8 Å². The molecule has 1 aliphatic heterocycles. The van der Waals surface area contributed by atoms with E-state index in [2.05, 4.69) is 29.0 Å². The molecule has 2 aliphatic rings. The molecule has 1 aliphatic carbocycles. The lowest BCUT2D eigenvalue weighted by molar-refractivity contribution is -0.125.